The van der Waals surface area contributed by atoms with Crippen molar-refractivity contribution in [3.8, 4) is 0 Å². The summed E-state index contributed by atoms with van der Waals surface area (Å²) in [5, 5.41) is 2.94. The number of likely N-dealkylation sites (N-methyl/N-ethyl adjacent to an activating group) is 1. The van der Waals surface area contributed by atoms with Crippen LogP contribution < -0.4 is 5.32 Å². The molecular formula is C15H21FN2O. The third kappa shape index (κ3) is 3.32. The fraction of sp³-hybridized carbons (Fsp3) is 0.533. The van der Waals surface area contributed by atoms with E-state index in [1.165, 1.54) is 6.07 Å². The highest BCUT2D eigenvalue weighted by atomic mass is 19.1. The fourth-order valence-electron chi connectivity index (χ4n) is 2.17. The number of halogens is 1. The van der Waals surface area contributed by atoms with Gasteiger partial charge in [0.05, 0.1) is 0 Å². The second-order valence-electron chi connectivity index (χ2n) is 5.53. The smallest absolute Gasteiger partial charge is 0.223 e. The van der Waals surface area contributed by atoms with E-state index in [1.807, 2.05) is 20.2 Å². The van der Waals surface area contributed by atoms with Gasteiger partial charge in [0.2, 0.25) is 5.91 Å². The number of benzene rings is 1. The van der Waals surface area contributed by atoms with Crippen LogP contribution in [0, 0.1) is 11.7 Å². The lowest BCUT2D eigenvalue weighted by atomic mass is 10.1. The molecule has 2 rings (SSSR count). The van der Waals surface area contributed by atoms with Gasteiger partial charge >= 0.3 is 0 Å². The van der Waals surface area contributed by atoms with Crippen molar-refractivity contribution in [3.63, 3.8) is 0 Å². The predicted octanol–water partition coefficient (Wildman–Crippen LogP) is 2.00. The zero-order valence-electron chi connectivity index (χ0n) is 11.7. The largest absolute Gasteiger partial charge is 0.354 e. The predicted molar refractivity (Wildman–Crippen MR) is 73.4 cm³/mol. The van der Waals surface area contributed by atoms with Gasteiger partial charge in [0.25, 0.3) is 0 Å². The van der Waals surface area contributed by atoms with Crippen LogP contribution in [0.2, 0.25) is 0 Å². The summed E-state index contributed by atoms with van der Waals surface area (Å²) < 4.78 is 13.6. The monoisotopic (exact) mass is 264 g/mol. The van der Waals surface area contributed by atoms with E-state index in [9.17, 15) is 9.18 Å². The van der Waals surface area contributed by atoms with E-state index in [-0.39, 0.29) is 23.6 Å². The summed E-state index contributed by atoms with van der Waals surface area (Å²) in [6.07, 6.45) is 0.753. The maximum Gasteiger partial charge on any atom is 0.223 e. The molecule has 3 atom stereocenters. The van der Waals surface area contributed by atoms with Gasteiger partial charge in [-0.1, -0.05) is 18.2 Å². The molecule has 1 aromatic carbocycles. The van der Waals surface area contributed by atoms with E-state index in [1.54, 1.807) is 12.1 Å². The maximum atomic E-state index is 13.6. The minimum Gasteiger partial charge on any atom is -0.354 e. The average molecular weight is 264 g/mol. The van der Waals surface area contributed by atoms with Crippen LogP contribution in [0.3, 0.4) is 0 Å². The summed E-state index contributed by atoms with van der Waals surface area (Å²) in [6, 6.07) is 7.02. The van der Waals surface area contributed by atoms with E-state index in [2.05, 4.69) is 17.1 Å². The maximum absolute atomic E-state index is 13.6. The molecule has 19 heavy (non-hydrogen) atoms. The summed E-state index contributed by atoms with van der Waals surface area (Å²) >= 11 is 0. The molecule has 0 radical (unpaired) electrons. The summed E-state index contributed by atoms with van der Waals surface area (Å²) in [6.45, 7) is 2.69. The van der Waals surface area contributed by atoms with Gasteiger partial charge in [0.15, 0.2) is 0 Å². The van der Waals surface area contributed by atoms with Crippen LogP contribution in [0.15, 0.2) is 24.3 Å². The number of amides is 1. The first kappa shape index (κ1) is 14.0. The van der Waals surface area contributed by atoms with E-state index in [4.69, 9.17) is 0 Å². The first-order valence-corrected chi connectivity index (χ1v) is 6.69. The molecule has 0 bridgehead atoms. The first-order valence-electron chi connectivity index (χ1n) is 6.69. The molecule has 0 spiro atoms. The van der Waals surface area contributed by atoms with Gasteiger partial charge in [0, 0.05) is 18.5 Å². The van der Waals surface area contributed by atoms with Crippen LogP contribution in [0.5, 0.6) is 0 Å². The van der Waals surface area contributed by atoms with Crippen LogP contribution in [0.25, 0.3) is 0 Å². The molecule has 1 amide bonds. The summed E-state index contributed by atoms with van der Waals surface area (Å²) in [4.78, 5) is 14.0. The zero-order chi connectivity index (χ0) is 14.0. The molecule has 0 aromatic heterocycles. The molecule has 3 unspecified atom stereocenters. The fourth-order valence-corrected chi connectivity index (χ4v) is 2.17. The lowest BCUT2D eigenvalue weighted by Gasteiger charge is -2.20. The highest BCUT2D eigenvalue weighted by Crippen LogP contribution is 2.48. The molecule has 1 aliphatic carbocycles. The Morgan fingerprint density at radius 3 is 2.79 bits per heavy atom. The Bertz CT molecular complexity index is 461. The molecule has 1 saturated carbocycles. The van der Waals surface area contributed by atoms with E-state index < -0.39 is 0 Å². The second kappa shape index (κ2) is 5.70. The molecule has 1 aliphatic rings. The van der Waals surface area contributed by atoms with Crippen molar-refractivity contribution < 1.29 is 9.18 Å². The number of nitrogens with zero attached hydrogens (tertiary/aromatic N) is 1. The molecule has 1 N–H and O–H groups in total. The highest BCUT2D eigenvalue weighted by Gasteiger charge is 2.44. The van der Waals surface area contributed by atoms with Crippen LogP contribution in [-0.2, 0) is 4.79 Å². The first-order chi connectivity index (χ1) is 9.00. The van der Waals surface area contributed by atoms with E-state index in [0.29, 0.717) is 18.2 Å². The molecule has 0 heterocycles. The van der Waals surface area contributed by atoms with Crippen molar-refractivity contribution in [1.29, 1.82) is 0 Å². The van der Waals surface area contributed by atoms with Crippen LogP contribution >= 0.6 is 0 Å². The molecule has 0 aliphatic heterocycles. The van der Waals surface area contributed by atoms with Gasteiger partial charge in [0.1, 0.15) is 5.82 Å². The lowest BCUT2D eigenvalue weighted by Crippen LogP contribution is -2.38. The summed E-state index contributed by atoms with van der Waals surface area (Å²) in [5.74, 6) is -0.173. The average Bonchev–Trinajstić information content (AvgIpc) is 3.16. The minimum absolute atomic E-state index is 0.0435. The molecular weight excluding hydrogens is 243 g/mol. The highest BCUT2D eigenvalue weighted by molar-refractivity contribution is 5.82. The number of hydrogen-bond donors (Lipinski definition) is 1. The molecule has 0 saturated heterocycles. The number of nitrogens with one attached hydrogen (secondary N) is 1. The number of rotatable bonds is 5. The van der Waals surface area contributed by atoms with Gasteiger partial charge < -0.3 is 10.2 Å². The molecule has 1 aromatic rings. The normalized spacial score (nSPS) is 23.2. The third-order valence-corrected chi connectivity index (χ3v) is 3.89. The van der Waals surface area contributed by atoms with Crippen molar-refractivity contribution in [2.75, 3.05) is 20.6 Å². The molecule has 1 fully saturated rings. The topological polar surface area (TPSA) is 32.3 Å². The van der Waals surface area contributed by atoms with Gasteiger partial charge in [-0.05, 0) is 45.0 Å². The minimum atomic E-state index is -0.204. The second-order valence-corrected chi connectivity index (χ2v) is 5.53. The van der Waals surface area contributed by atoms with Crippen molar-refractivity contribution in [2.45, 2.75) is 25.3 Å². The lowest BCUT2D eigenvalue weighted by molar-refractivity contribution is -0.122. The van der Waals surface area contributed by atoms with Gasteiger partial charge in [-0.25, -0.2) is 4.39 Å². The molecule has 3 nitrogen and oxygen atoms in total. The Morgan fingerprint density at radius 1 is 1.47 bits per heavy atom. The number of hydrogen-bond acceptors (Lipinski definition) is 2. The number of carbonyl (C=O) groups is 1. The zero-order valence-corrected chi connectivity index (χ0v) is 11.7. The van der Waals surface area contributed by atoms with Gasteiger partial charge in [-0.3, -0.25) is 4.79 Å². The van der Waals surface area contributed by atoms with Crippen LogP contribution in [-0.4, -0.2) is 37.5 Å². The summed E-state index contributed by atoms with van der Waals surface area (Å²) in [7, 11) is 3.96. The van der Waals surface area contributed by atoms with Gasteiger partial charge in [-0.2, -0.15) is 0 Å². The van der Waals surface area contributed by atoms with Crippen molar-refractivity contribution >= 4 is 5.91 Å². The van der Waals surface area contributed by atoms with Gasteiger partial charge in [-0.15, -0.1) is 0 Å². The Hall–Kier alpha value is -1.42. The van der Waals surface area contributed by atoms with Crippen molar-refractivity contribution in [2.24, 2.45) is 5.92 Å². The van der Waals surface area contributed by atoms with Crippen LogP contribution in [0.4, 0.5) is 4.39 Å². The number of carbonyl (C=O) groups excluding carboxylic acids is 1. The quantitative estimate of drug-likeness (QED) is 0.882. The summed E-state index contributed by atoms with van der Waals surface area (Å²) in [5.41, 5.74) is 0.670. The molecule has 104 valence electrons. The Labute approximate surface area is 113 Å². The Balaban J connectivity index is 1.86. The Morgan fingerprint density at radius 2 is 2.16 bits per heavy atom. The van der Waals surface area contributed by atoms with Crippen molar-refractivity contribution in [3.05, 3.63) is 35.6 Å². The standard InChI is InChI=1S/C15H21FN2O/c1-10(18(2)3)9-17-15(19)13-8-12(13)11-6-4-5-7-14(11)16/h4-7,10,12-13H,8-9H2,1-3H3,(H,17,19). The Kier molecular flexibility index (Phi) is 4.20. The SMILES string of the molecule is CC(CNC(=O)C1CC1c1ccccc1F)N(C)C. The van der Waals surface area contributed by atoms with Crippen molar-refractivity contribution in [1.82, 2.24) is 10.2 Å². The van der Waals surface area contributed by atoms with E-state index >= 15 is 0 Å². The van der Waals surface area contributed by atoms with E-state index in [0.717, 1.165) is 6.42 Å². The van der Waals surface area contributed by atoms with Crippen LogP contribution in [0.1, 0.15) is 24.8 Å². The molecule has 4 heteroatoms. The third-order valence-electron chi connectivity index (χ3n) is 3.89.